The van der Waals surface area contributed by atoms with E-state index in [1.807, 2.05) is 19.9 Å². The Morgan fingerprint density at radius 3 is 2.66 bits per heavy atom. The van der Waals surface area contributed by atoms with Crippen molar-refractivity contribution in [1.82, 2.24) is 0 Å². The monoisotopic (exact) mass is 492 g/mol. The summed E-state index contributed by atoms with van der Waals surface area (Å²) in [5.74, 6) is -2.00. The maximum atomic E-state index is 13.5. The van der Waals surface area contributed by atoms with Gasteiger partial charge in [0.05, 0.1) is 29.8 Å². The highest BCUT2D eigenvalue weighted by Gasteiger charge is 2.43. The van der Waals surface area contributed by atoms with Crippen LogP contribution in [0.2, 0.25) is 0 Å². The Morgan fingerprint density at radius 2 is 1.94 bits per heavy atom. The Hall–Kier alpha value is -2.61. The largest absolute Gasteiger partial charge is 0.465 e. The SMILES string of the molecule is C[C@H]1C=C2C=C[C@H](C)[C@H](CCC3C(=O)OCC[C@H]3O)[C@H]2[C@@H](OC(=O)c2ccccc2C(F)(F)F)C1. The Kier molecular flexibility index (Phi) is 7.40. The van der Waals surface area contributed by atoms with Gasteiger partial charge in [0.25, 0.3) is 0 Å². The van der Waals surface area contributed by atoms with Gasteiger partial charge in [-0.25, -0.2) is 4.79 Å². The summed E-state index contributed by atoms with van der Waals surface area (Å²) in [5.41, 5.74) is -0.504. The summed E-state index contributed by atoms with van der Waals surface area (Å²) in [5, 5.41) is 10.3. The maximum absolute atomic E-state index is 13.5. The fraction of sp³-hybridized carbons (Fsp3) is 0.556. The molecule has 0 saturated carbocycles. The average molecular weight is 493 g/mol. The fourth-order valence-electron chi connectivity index (χ4n) is 5.76. The van der Waals surface area contributed by atoms with Gasteiger partial charge >= 0.3 is 18.1 Å². The van der Waals surface area contributed by atoms with Crippen LogP contribution in [0.15, 0.2) is 48.1 Å². The van der Waals surface area contributed by atoms with Gasteiger partial charge in [-0.15, -0.1) is 0 Å². The molecule has 1 aliphatic heterocycles. The van der Waals surface area contributed by atoms with Gasteiger partial charge in [-0.1, -0.05) is 44.2 Å². The summed E-state index contributed by atoms with van der Waals surface area (Å²) in [6.45, 7) is 4.25. The quantitative estimate of drug-likeness (QED) is 0.562. The zero-order chi connectivity index (χ0) is 25.3. The van der Waals surface area contributed by atoms with Crippen molar-refractivity contribution in [2.45, 2.75) is 57.9 Å². The van der Waals surface area contributed by atoms with Crippen LogP contribution in [0.5, 0.6) is 0 Å². The van der Waals surface area contributed by atoms with Crippen LogP contribution in [0.1, 0.15) is 55.5 Å². The summed E-state index contributed by atoms with van der Waals surface area (Å²) in [4.78, 5) is 25.2. The second-order valence-corrected chi connectivity index (χ2v) is 9.98. The molecule has 0 spiro atoms. The second kappa shape index (κ2) is 10.2. The lowest BCUT2D eigenvalue weighted by Gasteiger charge is -2.43. The van der Waals surface area contributed by atoms with Crippen LogP contribution in [0.4, 0.5) is 13.2 Å². The summed E-state index contributed by atoms with van der Waals surface area (Å²) >= 11 is 0. The maximum Gasteiger partial charge on any atom is 0.417 e. The molecule has 1 heterocycles. The number of rotatable bonds is 5. The number of aliphatic hydroxyl groups excluding tert-OH is 1. The average Bonchev–Trinajstić information content (AvgIpc) is 2.79. The topological polar surface area (TPSA) is 72.8 Å². The van der Waals surface area contributed by atoms with E-state index in [1.165, 1.54) is 12.1 Å². The molecule has 0 amide bonds. The summed E-state index contributed by atoms with van der Waals surface area (Å²) < 4.78 is 51.4. The molecule has 1 aromatic carbocycles. The number of carbonyl (C=O) groups is 2. The predicted octanol–water partition coefficient (Wildman–Crippen LogP) is 5.34. The molecule has 4 rings (SSSR count). The normalized spacial score (nSPS) is 32.9. The van der Waals surface area contributed by atoms with Crippen LogP contribution in [-0.2, 0) is 20.4 Å². The third-order valence-corrected chi connectivity index (χ3v) is 7.54. The molecule has 1 unspecified atom stereocenters. The number of fused-ring (bicyclic) bond motifs is 1. The number of ether oxygens (including phenoxy) is 2. The third-order valence-electron chi connectivity index (χ3n) is 7.54. The second-order valence-electron chi connectivity index (χ2n) is 9.98. The van der Waals surface area contributed by atoms with Crippen LogP contribution < -0.4 is 0 Å². The Bertz CT molecular complexity index is 1010. The molecule has 190 valence electrons. The minimum atomic E-state index is -4.67. The van der Waals surface area contributed by atoms with Crippen LogP contribution in [0.3, 0.4) is 0 Å². The highest BCUT2D eigenvalue weighted by Crippen LogP contribution is 2.46. The van der Waals surface area contributed by atoms with Crippen LogP contribution in [-0.4, -0.2) is 35.9 Å². The van der Waals surface area contributed by atoms with E-state index in [1.54, 1.807) is 0 Å². The number of alkyl halides is 3. The molecule has 0 bridgehead atoms. The van der Waals surface area contributed by atoms with Gasteiger partial charge in [-0.3, -0.25) is 4.79 Å². The van der Waals surface area contributed by atoms with Gasteiger partial charge < -0.3 is 14.6 Å². The fourth-order valence-corrected chi connectivity index (χ4v) is 5.76. The zero-order valence-electron chi connectivity index (χ0n) is 19.8. The first-order chi connectivity index (χ1) is 16.6. The smallest absolute Gasteiger partial charge is 0.417 e. The van der Waals surface area contributed by atoms with Crippen LogP contribution in [0, 0.1) is 29.6 Å². The molecule has 0 radical (unpaired) electrons. The van der Waals surface area contributed by atoms with Crippen molar-refractivity contribution in [1.29, 1.82) is 0 Å². The van der Waals surface area contributed by atoms with Gasteiger partial charge in [0.1, 0.15) is 6.10 Å². The molecule has 1 aromatic rings. The first-order valence-corrected chi connectivity index (χ1v) is 12.2. The third kappa shape index (κ3) is 5.47. The zero-order valence-corrected chi connectivity index (χ0v) is 19.8. The van der Waals surface area contributed by atoms with Crippen molar-refractivity contribution in [3.05, 3.63) is 59.2 Å². The Morgan fingerprint density at radius 1 is 1.20 bits per heavy atom. The number of benzene rings is 1. The molecular formula is C27H31F3O5. The lowest BCUT2D eigenvalue weighted by atomic mass is 9.65. The number of hydrogen-bond acceptors (Lipinski definition) is 5. The summed E-state index contributed by atoms with van der Waals surface area (Å²) in [6, 6.07) is 4.67. The molecule has 2 aliphatic carbocycles. The highest BCUT2D eigenvalue weighted by atomic mass is 19.4. The van der Waals surface area contributed by atoms with Gasteiger partial charge in [0.15, 0.2) is 0 Å². The van der Waals surface area contributed by atoms with Crippen molar-refractivity contribution < 1.29 is 37.3 Å². The van der Waals surface area contributed by atoms with Crippen molar-refractivity contribution in [2.75, 3.05) is 6.61 Å². The molecule has 1 saturated heterocycles. The van der Waals surface area contributed by atoms with Gasteiger partial charge in [-0.05, 0) is 54.7 Å². The molecule has 35 heavy (non-hydrogen) atoms. The van der Waals surface area contributed by atoms with Gasteiger partial charge in [0, 0.05) is 12.3 Å². The Balaban J connectivity index is 1.57. The summed E-state index contributed by atoms with van der Waals surface area (Å²) in [6.07, 6.45) is 2.12. The van der Waals surface area contributed by atoms with E-state index in [0.717, 1.165) is 17.7 Å². The van der Waals surface area contributed by atoms with Crippen molar-refractivity contribution >= 4 is 11.9 Å². The molecule has 3 aliphatic rings. The Labute approximate surface area is 203 Å². The van der Waals surface area contributed by atoms with E-state index in [9.17, 15) is 27.9 Å². The lowest BCUT2D eigenvalue weighted by molar-refractivity contribution is -0.161. The number of carbonyl (C=O) groups excluding carboxylic acids is 2. The first kappa shape index (κ1) is 25.5. The van der Waals surface area contributed by atoms with E-state index < -0.39 is 47.4 Å². The number of halogens is 3. The van der Waals surface area contributed by atoms with Crippen molar-refractivity contribution in [3.8, 4) is 0 Å². The number of aliphatic hydroxyl groups is 1. The standard InChI is InChI=1S/C27H31F3O5/c1-15-13-17-8-7-16(2)18(9-10-20-22(31)11-12-34-25(20)32)24(17)23(14-15)35-26(33)19-5-3-4-6-21(19)27(28,29)30/h3-8,13,15-16,18,20,22-24,31H,9-12,14H2,1-2H3/t15-,16-,18-,20?,22+,23-,24-/m0/s1. The van der Waals surface area contributed by atoms with E-state index in [2.05, 4.69) is 12.2 Å². The van der Waals surface area contributed by atoms with E-state index in [-0.39, 0.29) is 30.3 Å². The first-order valence-electron chi connectivity index (χ1n) is 12.2. The lowest BCUT2D eigenvalue weighted by Crippen LogP contribution is -2.42. The van der Waals surface area contributed by atoms with Gasteiger partial charge in [0.2, 0.25) is 0 Å². The van der Waals surface area contributed by atoms with E-state index in [4.69, 9.17) is 9.47 Å². The number of allylic oxidation sites excluding steroid dienone is 3. The molecule has 5 nitrogen and oxygen atoms in total. The number of esters is 2. The minimum Gasteiger partial charge on any atom is -0.465 e. The van der Waals surface area contributed by atoms with E-state index >= 15 is 0 Å². The molecule has 0 aromatic heterocycles. The van der Waals surface area contributed by atoms with E-state index in [0.29, 0.717) is 25.7 Å². The number of hydrogen-bond donors (Lipinski definition) is 1. The molecule has 8 heteroatoms. The molecular weight excluding hydrogens is 461 g/mol. The highest BCUT2D eigenvalue weighted by molar-refractivity contribution is 5.91. The van der Waals surface area contributed by atoms with Crippen LogP contribution >= 0.6 is 0 Å². The van der Waals surface area contributed by atoms with Crippen LogP contribution in [0.25, 0.3) is 0 Å². The van der Waals surface area contributed by atoms with Crippen molar-refractivity contribution in [3.63, 3.8) is 0 Å². The molecule has 7 atom stereocenters. The predicted molar refractivity (Wildman–Crippen MR) is 122 cm³/mol. The number of cyclic esters (lactones) is 1. The van der Waals surface area contributed by atoms with Crippen molar-refractivity contribution in [2.24, 2.45) is 29.6 Å². The summed E-state index contributed by atoms with van der Waals surface area (Å²) in [7, 11) is 0. The minimum absolute atomic E-state index is 0.00339. The molecule has 1 fully saturated rings. The molecule has 1 N–H and O–H groups in total. The van der Waals surface area contributed by atoms with Gasteiger partial charge in [-0.2, -0.15) is 13.2 Å².